The summed E-state index contributed by atoms with van der Waals surface area (Å²) in [4.78, 5) is 34.2. The van der Waals surface area contributed by atoms with Crippen molar-refractivity contribution in [2.45, 2.75) is 51.4 Å². The normalized spacial score (nSPS) is 22.1. The molecule has 4 heterocycles. The molecule has 30 heavy (non-hydrogen) atoms. The highest BCUT2D eigenvalue weighted by molar-refractivity contribution is 6.31. The van der Waals surface area contributed by atoms with Gasteiger partial charge in [0, 0.05) is 30.2 Å². The van der Waals surface area contributed by atoms with Crippen molar-refractivity contribution >= 4 is 29.3 Å². The number of hydrogen-bond donors (Lipinski definition) is 1. The van der Waals surface area contributed by atoms with E-state index < -0.39 is 11.6 Å². The van der Waals surface area contributed by atoms with Gasteiger partial charge in [-0.15, -0.1) is 0 Å². The molecule has 0 aliphatic carbocycles. The van der Waals surface area contributed by atoms with E-state index in [0.29, 0.717) is 29.0 Å². The summed E-state index contributed by atoms with van der Waals surface area (Å²) in [5.41, 5.74) is 1.70. The Morgan fingerprint density at radius 3 is 2.73 bits per heavy atom. The van der Waals surface area contributed by atoms with E-state index in [1.165, 1.54) is 0 Å². The van der Waals surface area contributed by atoms with Crippen molar-refractivity contribution in [2.75, 3.05) is 18.0 Å². The molecule has 5 rings (SSSR count). The number of rotatable bonds is 1. The van der Waals surface area contributed by atoms with Crippen molar-refractivity contribution in [1.82, 2.24) is 19.8 Å². The van der Waals surface area contributed by atoms with Crippen LogP contribution < -0.4 is 10.2 Å². The Morgan fingerprint density at radius 2 is 2.07 bits per heavy atom. The van der Waals surface area contributed by atoms with E-state index >= 15 is 0 Å². The number of likely N-dealkylation sites (tertiary alicyclic amines) is 1. The zero-order valence-electron chi connectivity index (χ0n) is 17.2. The second kappa shape index (κ2) is 6.72. The van der Waals surface area contributed by atoms with Gasteiger partial charge >= 0.3 is 12.0 Å². The molecule has 2 atom stereocenters. The number of fused-ring (bicyclic) bond motifs is 5. The van der Waals surface area contributed by atoms with Gasteiger partial charge in [-0.3, -0.25) is 9.47 Å². The molecule has 1 aromatic heterocycles. The number of halogens is 1. The Kier molecular flexibility index (Phi) is 4.34. The summed E-state index contributed by atoms with van der Waals surface area (Å²) in [7, 11) is 0. The van der Waals surface area contributed by atoms with Gasteiger partial charge in [-0.2, -0.15) is 0 Å². The van der Waals surface area contributed by atoms with Gasteiger partial charge in [0.2, 0.25) is 0 Å². The third-order valence-corrected chi connectivity index (χ3v) is 6.02. The zero-order chi connectivity index (χ0) is 21.2. The van der Waals surface area contributed by atoms with Crippen molar-refractivity contribution in [1.29, 1.82) is 0 Å². The van der Waals surface area contributed by atoms with Crippen molar-refractivity contribution in [3.8, 4) is 5.69 Å². The second-order valence-corrected chi connectivity index (χ2v) is 9.50. The summed E-state index contributed by atoms with van der Waals surface area (Å²) in [5, 5.41) is 3.97. The molecule has 0 radical (unpaired) electrons. The van der Waals surface area contributed by atoms with Gasteiger partial charge in [0.1, 0.15) is 11.9 Å². The van der Waals surface area contributed by atoms with Crippen LogP contribution in [0.15, 0.2) is 24.5 Å². The lowest BCUT2D eigenvalue weighted by atomic mass is 10.1. The van der Waals surface area contributed by atoms with Crippen LogP contribution in [0.5, 0.6) is 0 Å². The minimum atomic E-state index is -0.634. The van der Waals surface area contributed by atoms with Crippen LogP contribution in [0, 0.1) is 0 Å². The number of esters is 1. The number of urea groups is 1. The summed E-state index contributed by atoms with van der Waals surface area (Å²) in [5.74, 6) is -0.495. The molecule has 2 aromatic rings. The number of amides is 2. The van der Waals surface area contributed by atoms with Gasteiger partial charge in [-0.05, 0) is 45.4 Å². The topological polar surface area (TPSA) is 79.7 Å². The fourth-order valence-corrected chi connectivity index (χ4v) is 4.67. The smallest absolute Gasteiger partial charge is 0.359 e. The lowest BCUT2D eigenvalue weighted by Crippen LogP contribution is -2.52. The number of imidazole rings is 1. The Bertz CT molecular complexity index is 1040. The molecule has 3 aliphatic heterocycles. The average Bonchev–Trinajstić information content (AvgIpc) is 3.40. The number of nitrogens with one attached hydrogen (secondary N) is 1. The molecular formula is C21H24ClN5O3. The van der Waals surface area contributed by atoms with E-state index in [9.17, 15) is 9.59 Å². The van der Waals surface area contributed by atoms with Crippen LogP contribution in [-0.2, 0) is 11.3 Å². The lowest BCUT2D eigenvalue weighted by Gasteiger charge is -2.36. The van der Waals surface area contributed by atoms with E-state index in [2.05, 4.69) is 10.3 Å². The van der Waals surface area contributed by atoms with Crippen molar-refractivity contribution in [2.24, 2.45) is 0 Å². The Morgan fingerprint density at radius 1 is 1.27 bits per heavy atom. The standard InChI is InChI=1S/C21H24ClN5O3/c1-21(2,3)30-19(28)18-17-10-26(20(29)25-9-13-7-14(25)8-23-13)16-6-12(22)4-5-15(16)27(17)11-24-18/h4-6,11,13-14,23H,7-10H2,1-3H3/t13-,14-/m1/s1. The molecule has 1 aromatic carbocycles. The monoisotopic (exact) mass is 429 g/mol. The second-order valence-electron chi connectivity index (χ2n) is 9.06. The maximum absolute atomic E-state index is 13.5. The molecule has 0 saturated carbocycles. The fraction of sp³-hybridized carbons (Fsp3) is 0.476. The van der Waals surface area contributed by atoms with Gasteiger partial charge in [-0.25, -0.2) is 14.6 Å². The first kappa shape index (κ1) is 19.4. The molecule has 0 unspecified atom stereocenters. The van der Waals surface area contributed by atoms with E-state index in [4.69, 9.17) is 16.3 Å². The van der Waals surface area contributed by atoms with E-state index in [1.807, 2.05) is 36.3 Å². The van der Waals surface area contributed by atoms with Gasteiger partial charge < -0.3 is 15.0 Å². The number of hydrogen-bond acceptors (Lipinski definition) is 5. The van der Waals surface area contributed by atoms with E-state index in [0.717, 1.165) is 18.7 Å². The average molecular weight is 430 g/mol. The van der Waals surface area contributed by atoms with Crippen LogP contribution in [-0.4, -0.2) is 57.2 Å². The highest BCUT2D eigenvalue weighted by Gasteiger charge is 2.43. The number of carbonyl (C=O) groups excluding carboxylic acids is 2. The molecule has 9 heteroatoms. The zero-order valence-corrected chi connectivity index (χ0v) is 17.9. The van der Waals surface area contributed by atoms with Crippen LogP contribution in [0.25, 0.3) is 5.69 Å². The highest BCUT2D eigenvalue weighted by Crippen LogP contribution is 2.37. The van der Waals surface area contributed by atoms with Gasteiger partial charge in [-0.1, -0.05) is 11.6 Å². The van der Waals surface area contributed by atoms with Crippen LogP contribution in [0.4, 0.5) is 10.5 Å². The third-order valence-electron chi connectivity index (χ3n) is 5.79. The van der Waals surface area contributed by atoms with Crippen molar-refractivity contribution in [3.05, 3.63) is 40.9 Å². The van der Waals surface area contributed by atoms with Crippen LogP contribution in [0.2, 0.25) is 5.02 Å². The predicted molar refractivity (Wildman–Crippen MR) is 112 cm³/mol. The maximum atomic E-state index is 13.5. The number of nitrogens with zero attached hydrogens (tertiary/aromatic N) is 4. The fourth-order valence-electron chi connectivity index (χ4n) is 4.50. The Hall–Kier alpha value is -2.58. The molecule has 2 fully saturated rings. The largest absolute Gasteiger partial charge is 0.455 e. The highest BCUT2D eigenvalue weighted by atomic mass is 35.5. The molecular weight excluding hydrogens is 406 g/mol. The number of aromatic nitrogens is 2. The summed E-state index contributed by atoms with van der Waals surface area (Å²) >= 11 is 6.26. The summed E-state index contributed by atoms with van der Waals surface area (Å²) < 4.78 is 7.37. The molecule has 8 nitrogen and oxygen atoms in total. The molecule has 2 saturated heterocycles. The third kappa shape index (κ3) is 3.15. The molecule has 158 valence electrons. The molecule has 2 amide bonds. The van der Waals surface area contributed by atoms with Crippen LogP contribution in [0.1, 0.15) is 43.4 Å². The Labute approximate surface area is 179 Å². The minimum Gasteiger partial charge on any atom is -0.455 e. The van der Waals surface area contributed by atoms with Crippen LogP contribution in [0.3, 0.4) is 0 Å². The predicted octanol–water partition coefficient (Wildman–Crippen LogP) is 2.97. The first-order valence-corrected chi connectivity index (χ1v) is 10.5. The van der Waals surface area contributed by atoms with E-state index in [1.54, 1.807) is 23.4 Å². The number of ether oxygens (including phenoxy) is 1. The quantitative estimate of drug-likeness (QED) is 0.705. The summed E-state index contributed by atoms with van der Waals surface area (Å²) in [6.07, 6.45) is 2.58. The number of anilines is 1. The Balaban J connectivity index is 1.54. The molecule has 0 spiro atoms. The SMILES string of the molecule is CC(C)(C)OC(=O)c1ncn2c1CN(C(=O)N1C[C@H]3C[C@@H]1CN3)c1cc(Cl)ccc1-2. The van der Waals surface area contributed by atoms with Crippen LogP contribution >= 0.6 is 11.6 Å². The van der Waals surface area contributed by atoms with Gasteiger partial charge in [0.05, 0.1) is 23.6 Å². The number of benzene rings is 1. The number of carbonyl (C=O) groups is 2. The summed E-state index contributed by atoms with van der Waals surface area (Å²) in [6.45, 7) is 7.18. The van der Waals surface area contributed by atoms with Crippen molar-refractivity contribution in [3.63, 3.8) is 0 Å². The number of piperazine rings is 1. The van der Waals surface area contributed by atoms with Gasteiger partial charge in [0.15, 0.2) is 5.69 Å². The van der Waals surface area contributed by atoms with Gasteiger partial charge in [0.25, 0.3) is 0 Å². The minimum absolute atomic E-state index is 0.0740. The maximum Gasteiger partial charge on any atom is 0.359 e. The molecule has 1 N–H and O–H groups in total. The van der Waals surface area contributed by atoms with Crippen molar-refractivity contribution < 1.29 is 14.3 Å². The first-order chi connectivity index (χ1) is 14.2. The molecule has 3 aliphatic rings. The lowest BCUT2D eigenvalue weighted by molar-refractivity contribution is 0.00619. The van der Waals surface area contributed by atoms with E-state index in [-0.39, 0.29) is 24.3 Å². The summed E-state index contributed by atoms with van der Waals surface area (Å²) in [6, 6.07) is 5.88. The first-order valence-electron chi connectivity index (χ1n) is 10.1. The molecule has 2 bridgehead atoms.